The van der Waals surface area contributed by atoms with Crippen LogP contribution in [0.2, 0.25) is 0 Å². The van der Waals surface area contributed by atoms with E-state index < -0.39 is 36.8 Å². The van der Waals surface area contributed by atoms with E-state index >= 15 is 0 Å². The number of amides is 2. The average Bonchev–Trinajstić information content (AvgIpc) is 2.85. The van der Waals surface area contributed by atoms with E-state index in [4.69, 9.17) is 0 Å². The van der Waals surface area contributed by atoms with Gasteiger partial charge in [0.2, 0.25) is 0 Å². The van der Waals surface area contributed by atoms with Gasteiger partial charge in [-0.05, 0) is 18.6 Å². The molecule has 1 aromatic rings. The highest BCUT2D eigenvalue weighted by Gasteiger charge is 2.28. The topological polar surface area (TPSA) is 44.4 Å². The van der Waals surface area contributed by atoms with Crippen molar-refractivity contribution in [2.45, 2.75) is 25.1 Å². The maximum absolute atomic E-state index is 13.7. The summed E-state index contributed by atoms with van der Waals surface area (Å²) in [5.41, 5.74) is 0.230. The molecule has 1 aliphatic rings. The SMILES string of the molecule is O=C(NCCC(F)(F)F)NC1CCN(c2ccc(F)cc2F)C1. The molecule has 4 nitrogen and oxygen atoms in total. The van der Waals surface area contributed by atoms with Crippen molar-refractivity contribution in [1.29, 1.82) is 0 Å². The van der Waals surface area contributed by atoms with E-state index in [0.29, 0.717) is 19.5 Å². The van der Waals surface area contributed by atoms with Gasteiger partial charge in [0.25, 0.3) is 0 Å². The molecule has 128 valence electrons. The maximum Gasteiger partial charge on any atom is 0.390 e. The fourth-order valence-electron chi connectivity index (χ4n) is 2.39. The van der Waals surface area contributed by atoms with E-state index in [0.717, 1.165) is 12.1 Å². The van der Waals surface area contributed by atoms with Gasteiger partial charge in [0.15, 0.2) is 0 Å². The van der Waals surface area contributed by atoms with Crippen molar-refractivity contribution in [3.63, 3.8) is 0 Å². The summed E-state index contributed by atoms with van der Waals surface area (Å²) in [6.45, 7) is 0.254. The van der Waals surface area contributed by atoms with E-state index in [9.17, 15) is 26.7 Å². The summed E-state index contributed by atoms with van der Waals surface area (Å²) >= 11 is 0. The van der Waals surface area contributed by atoms with Crippen LogP contribution in [-0.2, 0) is 0 Å². The van der Waals surface area contributed by atoms with Crippen LogP contribution < -0.4 is 15.5 Å². The molecule has 0 aliphatic carbocycles. The number of carbonyl (C=O) groups excluding carboxylic acids is 1. The van der Waals surface area contributed by atoms with Crippen molar-refractivity contribution in [2.75, 3.05) is 24.5 Å². The summed E-state index contributed by atoms with van der Waals surface area (Å²) in [4.78, 5) is 13.2. The number of urea groups is 1. The average molecular weight is 337 g/mol. The largest absolute Gasteiger partial charge is 0.390 e. The summed E-state index contributed by atoms with van der Waals surface area (Å²) in [6.07, 6.45) is -4.90. The lowest BCUT2D eigenvalue weighted by molar-refractivity contribution is -0.132. The van der Waals surface area contributed by atoms with Gasteiger partial charge in [0.1, 0.15) is 11.6 Å². The van der Waals surface area contributed by atoms with Gasteiger partial charge in [-0.15, -0.1) is 0 Å². The van der Waals surface area contributed by atoms with Crippen molar-refractivity contribution >= 4 is 11.7 Å². The zero-order valence-corrected chi connectivity index (χ0v) is 12.1. The third kappa shape index (κ3) is 5.26. The second-order valence-corrected chi connectivity index (χ2v) is 5.29. The molecule has 1 aliphatic heterocycles. The molecule has 0 radical (unpaired) electrons. The number of hydrogen-bond donors (Lipinski definition) is 2. The Morgan fingerprint density at radius 1 is 1.30 bits per heavy atom. The Morgan fingerprint density at radius 3 is 2.70 bits per heavy atom. The normalized spacial score (nSPS) is 18.1. The zero-order chi connectivity index (χ0) is 17.0. The number of hydrogen-bond acceptors (Lipinski definition) is 2. The number of anilines is 1. The van der Waals surface area contributed by atoms with Crippen LogP contribution in [0.4, 0.5) is 32.4 Å². The molecular weight excluding hydrogens is 321 g/mol. The number of nitrogens with zero attached hydrogens (tertiary/aromatic N) is 1. The summed E-state index contributed by atoms with van der Waals surface area (Å²) in [7, 11) is 0. The van der Waals surface area contributed by atoms with Gasteiger partial charge >= 0.3 is 12.2 Å². The Balaban J connectivity index is 1.80. The molecule has 0 bridgehead atoms. The first kappa shape index (κ1) is 17.3. The Hall–Kier alpha value is -2.06. The Morgan fingerprint density at radius 2 is 2.04 bits per heavy atom. The number of halogens is 5. The van der Waals surface area contributed by atoms with Crippen LogP contribution in [0.15, 0.2) is 18.2 Å². The van der Waals surface area contributed by atoms with E-state index in [-0.39, 0.29) is 11.7 Å². The van der Waals surface area contributed by atoms with E-state index in [1.807, 2.05) is 0 Å². The number of carbonyl (C=O) groups is 1. The number of rotatable bonds is 4. The second kappa shape index (κ2) is 7.01. The molecule has 1 atom stereocenters. The molecule has 2 N–H and O–H groups in total. The third-order valence-electron chi connectivity index (χ3n) is 3.47. The molecule has 0 spiro atoms. The minimum Gasteiger partial charge on any atom is -0.367 e. The molecule has 1 saturated heterocycles. The van der Waals surface area contributed by atoms with Crippen molar-refractivity contribution in [3.05, 3.63) is 29.8 Å². The van der Waals surface area contributed by atoms with Gasteiger partial charge in [0.05, 0.1) is 12.1 Å². The molecule has 1 heterocycles. The highest BCUT2D eigenvalue weighted by Crippen LogP contribution is 2.24. The van der Waals surface area contributed by atoms with Gasteiger partial charge in [0, 0.05) is 31.7 Å². The molecule has 0 aromatic heterocycles. The first-order chi connectivity index (χ1) is 10.7. The highest BCUT2D eigenvalue weighted by atomic mass is 19.4. The molecule has 9 heteroatoms. The second-order valence-electron chi connectivity index (χ2n) is 5.29. The molecule has 2 rings (SSSR count). The molecule has 1 fully saturated rings. The monoisotopic (exact) mass is 337 g/mol. The van der Waals surface area contributed by atoms with E-state index in [2.05, 4.69) is 10.6 Å². The van der Waals surface area contributed by atoms with Gasteiger partial charge in [-0.25, -0.2) is 13.6 Å². The van der Waals surface area contributed by atoms with Crippen molar-refractivity contribution in [2.24, 2.45) is 0 Å². The fraction of sp³-hybridized carbons (Fsp3) is 0.500. The lowest BCUT2D eigenvalue weighted by Gasteiger charge is -2.20. The Bertz CT molecular complexity index is 564. The summed E-state index contributed by atoms with van der Waals surface area (Å²) in [6, 6.07) is 2.23. The number of benzene rings is 1. The van der Waals surface area contributed by atoms with Crippen LogP contribution >= 0.6 is 0 Å². The first-order valence-electron chi connectivity index (χ1n) is 7.06. The lowest BCUT2D eigenvalue weighted by Crippen LogP contribution is -2.44. The molecule has 0 saturated carbocycles. The van der Waals surface area contributed by atoms with Gasteiger partial charge < -0.3 is 15.5 Å². The van der Waals surface area contributed by atoms with E-state index in [1.54, 1.807) is 4.90 Å². The smallest absolute Gasteiger partial charge is 0.367 e. The van der Waals surface area contributed by atoms with Crippen molar-refractivity contribution < 1.29 is 26.7 Å². The van der Waals surface area contributed by atoms with Crippen LogP contribution in [0.3, 0.4) is 0 Å². The molecular formula is C14H16F5N3O. The fourth-order valence-corrected chi connectivity index (χ4v) is 2.39. The molecule has 23 heavy (non-hydrogen) atoms. The van der Waals surface area contributed by atoms with Crippen LogP contribution in [0.5, 0.6) is 0 Å². The highest BCUT2D eigenvalue weighted by molar-refractivity contribution is 5.74. The summed E-state index contributed by atoms with van der Waals surface area (Å²) in [5.74, 6) is -1.37. The van der Waals surface area contributed by atoms with Gasteiger partial charge in [-0.1, -0.05) is 0 Å². The van der Waals surface area contributed by atoms with Crippen molar-refractivity contribution in [3.8, 4) is 0 Å². The first-order valence-corrected chi connectivity index (χ1v) is 7.06. The third-order valence-corrected chi connectivity index (χ3v) is 3.47. The minimum atomic E-state index is -4.32. The predicted molar refractivity (Wildman–Crippen MR) is 74.2 cm³/mol. The molecule has 1 aromatic carbocycles. The van der Waals surface area contributed by atoms with Crippen molar-refractivity contribution in [1.82, 2.24) is 10.6 Å². The summed E-state index contributed by atoms with van der Waals surface area (Å²) in [5, 5.41) is 4.67. The van der Waals surface area contributed by atoms with Gasteiger partial charge in [-0.2, -0.15) is 13.2 Å². The van der Waals surface area contributed by atoms with Gasteiger partial charge in [-0.3, -0.25) is 0 Å². The molecule has 1 unspecified atom stereocenters. The maximum atomic E-state index is 13.7. The van der Waals surface area contributed by atoms with Crippen LogP contribution in [0.25, 0.3) is 0 Å². The van der Waals surface area contributed by atoms with Crippen LogP contribution in [0.1, 0.15) is 12.8 Å². The minimum absolute atomic E-state index is 0.230. The van der Waals surface area contributed by atoms with E-state index in [1.165, 1.54) is 6.07 Å². The Kier molecular flexibility index (Phi) is 5.27. The van der Waals surface area contributed by atoms with Crippen LogP contribution in [-0.4, -0.2) is 37.9 Å². The lowest BCUT2D eigenvalue weighted by atomic mass is 10.2. The summed E-state index contributed by atoms with van der Waals surface area (Å²) < 4.78 is 62.5. The zero-order valence-electron chi connectivity index (χ0n) is 12.1. The molecule has 2 amide bonds. The Labute approximate surface area is 129 Å². The predicted octanol–water partition coefficient (Wildman–Crippen LogP) is 2.80. The van der Waals surface area contributed by atoms with Crippen LogP contribution in [0, 0.1) is 11.6 Å². The standard InChI is InChI=1S/C14H16F5N3O/c15-9-1-2-12(11(16)7-9)22-6-3-10(8-22)21-13(23)20-5-4-14(17,18)19/h1-2,7,10H,3-6,8H2,(H2,20,21,23). The number of alkyl halides is 3. The quantitative estimate of drug-likeness (QED) is 0.830. The number of nitrogens with one attached hydrogen (secondary N) is 2.